The number of nitrogens with one attached hydrogen (secondary N) is 1. The molecule has 0 saturated carbocycles. The highest BCUT2D eigenvalue weighted by molar-refractivity contribution is 5.95. The van der Waals surface area contributed by atoms with Crippen LogP contribution in [0.15, 0.2) is 45.6 Å². The van der Waals surface area contributed by atoms with E-state index in [4.69, 9.17) is 13.9 Å². The third-order valence-electron chi connectivity index (χ3n) is 4.27. The first kappa shape index (κ1) is 17.6. The van der Waals surface area contributed by atoms with Gasteiger partial charge in [0, 0.05) is 11.8 Å². The van der Waals surface area contributed by atoms with E-state index in [1.54, 1.807) is 50.4 Å². The highest BCUT2D eigenvalue weighted by Gasteiger charge is 2.22. The molecule has 7 nitrogen and oxygen atoms in total. The average molecular weight is 356 g/mol. The molecule has 3 aromatic rings. The molecular formula is C19H20N2O5. The van der Waals surface area contributed by atoms with E-state index >= 15 is 0 Å². The summed E-state index contributed by atoms with van der Waals surface area (Å²) in [6, 6.07) is 9.71. The van der Waals surface area contributed by atoms with Gasteiger partial charge in [-0.1, -0.05) is 12.1 Å². The monoisotopic (exact) mass is 356 g/mol. The average Bonchev–Trinajstić information content (AvgIpc) is 2.97. The number of carbonyl (C=O) groups is 1. The number of carbonyl (C=O) groups excluding carboxylic acids is 1. The van der Waals surface area contributed by atoms with Gasteiger partial charge in [-0.3, -0.25) is 9.36 Å². The van der Waals surface area contributed by atoms with Crippen LogP contribution in [0.25, 0.3) is 11.1 Å². The van der Waals surface area contributed by atoms with Crippen LogP contribution in [0.4, 0.5) is 5.69 Å². The SMILES string of the molecule is COc1cc(C)c(NC(=O)C(C)n2c(=O)oc3ccccc32)cc1OC. The molecule has 0 radical (unpaired) electrons. The first-order valence-corrected chi connectivity index (χ1v) is 8.09. The molecule has 2 aromatic carbocycles. The first-order valence-electron chi connectivity index (χ1n) is 8.09. The van der Waals surface area contributed by atoms with Crippen molar-refractivity contribution >= 4 is 22.7 Å². The summed E-state index contributed by atoms with van der Waals surface area (Å²) in [5.74, 6) is 0.173. The molecule has 136 valence electrons. The van der Waals surface area contributed by atoms with Crippen LogP contribution >= 0.6 is 0 Å². The van der Waals surface area contributed by atoms with Crippen molar-refractivity contribution in [3.05, 3.63) is 52.5 Å². The number of fused-ring (bicyclic) bond motifs is 1. The van der Waals surface area contributed by atoms with E-state index in [-0.39, 0.29) is 5.91 Å². The maximum Gasteiger partial charge on any atom is 0.420 e. The molecule has 0 aliphatic rings. The number of hydrogen-bond acceptors (Lipinski definition) is 5. The lowest BCUT2D eigenvalue weighted by molar-refractivity contribution is -0.118. The highest BCUT2D eigenvalue weighted by atomic mass is 16.5. The normalized spacial score (nSPS) is 12.0. The fourth-order valence-electron chi connectivity index (χ4n) is 2.82. The summed E-state index contributed by atoms with van der Waals surface area (Å²) in [4.78, 5) is 24.9. The summed E-state index contributed by atoms with van der Waals surface area (Å²) in [7, 11) is 3.08. The van der Waals surface area contributed by atoms with Gasteiger partial charge < -0.3 is 19.2 Å². The van der Waals surface area contributed by atoms with E-state index in [9.17, 15) is 9.59 Å². The number of hydrogen-bond donors (Lipinski definition) is 1. The second-order valence-corrected chi connectivity index (χ2v) is 5.89. The summed E-state index contributed by atoms with van der Waals surface area (Å²) < 4.78 is 17.1. The molecule has 1 amide bonds. The van der Waals surface area contributed by atoms with Crippen molar-refractivity contribution in [3.63, 3.8) is 0 Å². The van der Waals surface area contributed by atoms with Crippen LogP contribution < -0.4 is 20.5 Å². The second-order valence-electron chi connectivity index (χ2n) is 5.89. The molecule has 1 heterocycles. The summed E-state index contributed by atoms with van der Waals surface area (Å²) in [5, 5.41) is 2.84. The predicted molar refractivity (Wildman–Crippen MR) is 98.1 cm³/mol. The van der Waals surface area contributed by atoms with Crippen molar-refractivity contribution in [1.82, 2.24) is 4.57 Å². The minimum Gasteiger partial charge on any atom is -0.493 e. The third kappa shape index (κ3) is 3.03. The van der Waals surface area contributed by atoms with Crippen molar-refractivity contribution in [2.24, 2.45) is 0 Å². The highest BCUT2D eigenvalue weighted by Crippen LogP contribution is 2.33. The molecule has 7 heteroatoms. The van der Waals surface area contributed by atoms with Gasteiger partial charge in [0.1, 0.15) is 6.04 Å². The largest absolute Gasteiger partial charge is 0.493 e. The molecule has 0 bridgehead atoms. The van der Waals surface area contributed by atoms with Crippen LogP contribution in [0.1, 0.15) is 18.5 Å². The number of oxazole rings is 1. The Morgan fingerprint density at radius 3 is 2.50 bits per heavy atom. The topological polar surface area (TPSA) is 82.7 Å². The Morgan fingerprint density at radius 1 is 1.15 bits per heavy atom. The molecular weight excluding hydrogens is 336 g/mol. The Kier molecular flexibility index (Phi) is 4.71. The van der Waals surface area contributed by atoms with Crippen molar-refractivity contribution in [3.8, 4) is 11.5 Å². The number of anilines is 1. The lowest BCUT2D eigenvalue weighted by Gasteiger charge is -2.16. The maximum atomic E-state index is 12.7. The van der Waals surface area contributed by atoms with Gasteiger partial charge in [0.15, 0.2) is 17.1 Å². The minimum atomic E-state index is -0.751. The number of rotatable bonds is 5. The zero-order chi connectivity index (χ0) is 18.8. The molecule has 1 atom stereocenters. The zero-order valence-corrected chi connectivity index (χ0v) is 15.0. The van der Waals surface area contributed by atoms with Gasteiger partial charge in [0.2, 0.25) is 5.91 Å². The summed E-state index contributed by atoms with van der Waals surface area (Å²) in [5.41, 5.74) is 2.41. The van der Waals surface area contributed by atoms with Gasteiger partial charge in [-0.2, -0.15) is 0 Å². The minimum absolute atomic E-state index is 0.339. The lowest BCUT2D eigenvalue weighted by Crippen LogP contribution is -2.29. The van der Waals surface area contributed by atoms with Crippen LogP contribution in [-0.4, -0.2) is 24.7 Å². The molecule has 3 rings (SSSR count). The maximum absolute atomic E-state index is 12.7. The van der Waals surface area contributed by atoms with Gasteiger partial charge in [-0.25, -0.2) is 4.79 Å². The molecule has 26 heavy (non-hydrogen) atoms. The van der Waals surface area contributed by atoms with E-state index < -0.39 is 11.8 Å². The first-order chi connectivity index (χ1) is 12.5. The third-order valence-corrected chi connectivity index (χ3v) is 4.27. The van der Waals surface area contributed by atoms with E-state index in [0.29, 0.717) is 28.3 Å². The molecule has 1 unspecified atom stereocenters. The molecule has 0 fully saturated rings. The van der Waals surface area contributed by atoms with Crippen LogP contribution in [-0.2, 0) is 4.79 Å². The fraction of sp³-hybridized carbons (Fsp3) is 0.263. The van der Waals surface area contributed by atoms with Crippen molar-refractivity contribution in [1.29, 1.82) is 0 Å². The Labute approximate surface area is 150 Å². The lowest BCUT2D eigenvalue weighted by atomic mass is 10.1. The molecule has 0 aliphatic heterocycles. The second kappa shape index (κ2) is 6.95. The van der Waals surface area contributed by atoms with Crippen LogP contribution in [0.2, 0.25) is 0 Å². The zero-order valence-electron chi connectivity index (χ0n) is 15.0. The molecule has 0 aliphatic carbocycles. The molecule has 1 aromatic heterocycles. The van der Waals surface area contributed by atoms with Gasteiger partial charge in [-0.05, 0) is 37.6 Å². The molecule has 0 spiro atoms. The quantitative estimate of drug-likeness (QED) is 0.759. The fourth-order valence-corrected chi connectivity index (χ4v) is 2.82. The molecule has 0 saturated heterocycles. The number of methoxy groups -OCH3 is 2. The Hall–Kier alpha value is -3.22. The Bertz CT molecular complexity index is 1020. The van der Waals surface area contributed by atoms with Crippen molar-refractivity contribution < 1.29 is 18.7 Å². The standard InChI is InChI=1S/C19H20N2O5/c1-11-9-16(24-3)17(25-4)10-13(11)20-18(22)12(2)21-14-7-5-6-8-15(14)26-19(21)23/h5-10,12H,1-4H3,(H,20,22). The van der Waals surface area contributed by atoms with Crippen LogP contribution in [0.5, 0.6) is 11.5 Å². The number of amides is 1. The van der Waals surface area contributed by atoms with Crippen molar-refractivity contribution in [2.75, 3.05) is 19.5 Å². The predicted octanol–water partition coefficient (Wildman–Crippen LogP) is 3.12. The summed E-state index contributed by atoms with van der Waals surface area (Å²) in [6.07, 6.45) is 0. The summed E-state index contributed by atoms with van der Waals surface area (Å²) in [6.45, 7) is 3.50. The van der Waals surface area contributed by atoms with Gasteiger partial charge in [-0.15, -0.1) is 0 Å². The van der Waals surface area contributed by atoms with E-state index in [2.05, 4.69) is 5.32 Å². The van der Waals surface area contributed by atoms with E-state index in [0.717, 1.165) is 5.56 Å². The van der Waals surface area contributed by atoms with E-state index in [1.807, 2.05) is 6.92 Å². The Morgan fingerprint density at radius 2 is 1.81 bits per heavy atom. The smallest absolute Gasteiger partial charge is 0.420 e. The molecule has 1 N–H and O–H groups in total. The number of benzene rings is 2. The number of aromatic nitrogens is 1. The van der Waals surface area contributed by atoms with Gasteiger partial charge >= 0.3 is 5.76 Å². The number of aryl methyl sites for hydroxylation is 1. The van der Waals surface area contributed by atoms with Crippen molar-refractivity contribution in [2.45, 2.75) is 19.9 Å². The number of ether oxygens (including phenoxy) is 2. The van der Waals surface area contributed by atoms with E-state index in [1.165, 1.54) is 11.7 Å². The number of para-hydroxylation sites is 2. The van der Waals surface area contributed by atoms with Crippen LogP contribution in [0, 0.1) is 6.92 Å². The number of nitrogens with zero attached hydrogens (tertiary/aromatic N) is 1. The summed E-state index contributed by atoms with van der Waals surface area (Å²) >= 11 is 0. The van der Waals surface area contributed by atoms with Gasteiger partial charge in [0.05, 0.1) is 19.7 Å². The van der Waals surface area contributed by atoms with Crippen LogP contribution in [0.3, 0.4) is 0 Å². The van der Waals surface area contributed by atoms with Gasteiger partial charge in [0.25, 0.3) is 0 Å². The Balaban J connectivity index is 1.93.